The molecule has 2 fully saturated rings. The topological polar surface area (TPSA) is 169 Å². The van der Waals surface area contributed by atoms with Gasteiger partial charge in [-0.05, 0) is 6.92 Å². The van der Waals surface area contributed by atoms with E-state index < -0.39 is 68.0 Å². The van der Waals surface area contributed by atoms with Crippen LogP contribution in [-0.4, -0.2) is 104 Å². The van der Waals surface area contributed by atoms with Crippen LogP contribution in [0.2, 0.25) is 0 Å². The van der Waals surface area contributed by atoms with Crippen molar-refractivity contribution in [1.29, 1.82) is 0 Å². The molecule has 2 unspecified atom stereocenters. The molecule has 10 heteroatoms. The van der Waals surface area contributed by atoms with E-state index in [4.69, 9.17) is 19.3 Å². The maximum absolute atomic E-state index is 9.93. The van der Waals surface area contributed by atoms with Crippen LogP contribution in [0.4, 0.5) is 0 Å². The number of aliphatic hydroxyl groups is 7. The highest BCUT2D eigenvalue weighted by molar-refractivity contribution is 4.92. The summed E-state index contributed by atoms with van der Waals surface area (Å²) in [4.78, 5) is 0. The molecule has 0 aliphatic carbocycles. The second-order valence-corrected chi connectivity index (χ2v) is 5.51. The quantitative estimate of drug-likeness (QED) is 0.269. The Morgan fingerprint density at radius 1 is 0.818 bits per heavy atom. The van der Waals surface area contributed by atoms with Crippen molar-refractivity contribution in [2.75, 3.05) is 6.61 Å². The maximum Gasteiger partial charge on any atom is 0.187 e. The summed E-state index contributed by atoms with van der Waals surface area (Å²) in [5, 5.41) is 67.5. The number of hydrogen-bond donors (Lipinski definition) is 7. The van der Waals surface area contributed by atoms with Crippen molar-refractivity contribution in [2.45, 2.75) is 68.3 Å². The van der Waals surface area contributed by atoms with Crippen molar-refractivity contribution in [1.82, 2.24) is 0 Å². The third kappa shape index (κ3) is 3.26. The normalized spacial score (nSPS) is 53.5. The van der Waals surface area contributed by atoms with Gasteiger partial charge in [-0.1, -0.05) is 0 Å². The first kappa shape index (κ1) is 17.9. The first-order valence-electron chi connectivity index (χ1n) is 6.93. The molecule has 2 aliphatic rings. The van der Waals surface area contributed by atoms with E-state index in [1.807, 2.05) is 0 Å². The van der Waals surface area contributed by atoms with Crippen LogP contribution in [0.1, 0.15) is 6.92 Å². The first-order chi connectivity index (χ1) is 10.3. The van der Waals surface area contributed by atoms with E-state index in [0.717, 1.165) is 0 Å². The Morgan fingerprint density at radius 2 is 1.45 bits per heavy atom. The smallest absolute Gasteiger partial charge is 0.187 e. The van der Waals surface area contributed by atoms with Gasteiger partial charge < -0.3 is 50.0 Å². The molecule has 10 nitrogen and oxygen atoms in total. The van der Waals surface area contributed by atoms with Crippen LogP contribution in [0.3, 0.4) is 0 Å². The van der Waals surface area contributed by atoms with Crippen molar-refractivity contribution in [3.8, 4) is 0 Å². The lowest BCUT2D eigenvalue weighted by atomic mass is 9.97. The van der Waals surface area contributed by atoms with Crippen molar-refractivity contribution >= 4 is 0 Å². The summed E-state index contributed by atoms with van der Waals surface area (Å²) in [7, 11) is 0. The molecule has 0 aromatic carbocycles. The zero-order valence-electron chi connectivity index (χ0n) is 11.8. The van der Waals surface area contributed by atoms with Crippen LogP contribution in [0.15, 0.2) is 0 Å². The van der Waals surface area contributed by atoms with E-state index in [0.29, 0.717) is 0 Å². The van der Waals surface area contributed by atoms with E-state index in [1.54, 1.807) is 0 Å². The van der Waals surface area contributed by atoms with Gasteiger partial charge in [-0.25, -0.2) is 0 Å². The predicted molar refractivity (Wildman–Crippen MR) is 67.2 cm³/mol. The Hall–Kier alpha value is -0.400. The highest BCUT2D eigenvalue weighted by Gasteiger charge is 2.49. The minimum Gasteiger partial charge on any atom is -0.394 e. The van der Waals surface area contributed by atoms with E-state index in [9.17, 15) is 30.6 Å². The van der Waals surface area contributed by atoms with Crippen LogP contribution in [0.25, 0.3) is 0 Å². The predicted octanol–water partition coefficient (Wildman–Crippen LogP) is -4.37. The van der Waals surface area contributed by atoms with Crippen molar-refractivity contribution in [3.05, 3.63) is 0 Å². The SMILES string of the molecule is C[C@@H]1O[C@@H](OC2[C@@H](O)C(O)[C@@H](CO)O[C@H]2O)[C@H](O)[C@H](O)[C@H]1O. The molecule has 2 aliphatic heterocycles. The number of aliphatic hydroxyl groups excluding tert-OH is 7. The van der Waals surface area contributed by atoms with Gasteiger partial charge in [0.2, 0.25) is 0 Å². The van der Waals surface area contributed by atoms with Gasteiger partial charge in [-0.15, -0.1) is 0 Å². The summed E-state index contributed by atoms with van der Waals surface area (Å²) >= 11 is 0. The average molecular weight is 326 g/mol. The molecule has 0 radical (unpaired) electrons. The van der Waals surface area contributed by atoms with E-state index >= 15 is 0 Å². The second kappa shape index (κ2) is 7.01. The monoisotopic (exact) mass is 326 g/mol. The van der Waals surface area contributed by atoms with Crippen LogP contribution < -0.4 is 0 Å². The Balaban J connectivity index is 2.06. The van der Waals surface area contributed by atoms with Crippen molar-refractivity contribution in [2.24, 2.45) is 0 Å². The molecule has 7 N–H and O–H groups in total. The lowest BCUT2D eigenvalue weighted by Gasteiger charge is -2.44. The Bertz CT molecular complexity index is 368. The third-order valence-corrected chi connectivity index (χ3v) is 3.94. The summed E-state index contributed by atoms with van der Waals surface area (Å²) in [6.07, 6.45) is -14.3. The molecule has 2 heterocycles. The number of rotatable bonds is 3. The first-order valence-corrected chi connectivity index (χ1v) is 6.93. The molecule has 0 bridgehead atoms. The molecule has 0 amide bonds. The highest BCUT2D eigenvalue weighted by atomic mass is 16.7. The molecular formula is C12H22O10. The van der Waals surface area contributed by atoms with Gasteiger partial charge in [0.15, 0.2) is 12.6 Å². The van der Waals surface area contributed by atoms with Crippen LogP contribution in [-0.2, 0) is 14.2 Å². The van der Waals surface area contributed by atoms with Gasteiger partial charge in [0.05, 0.1) is 12.7 Å². The van der Waals surface area contributed by atoms with Crippen LogP contribution in [0, 0.1) is 0 Å². The van der Waals surface area contributed by atoms with E-state index in [2.05, 4.69) is 0 Å². The minimum atomic E-state index is -1.69. The molecule has 10 atom stereocenters. The zero-order valence-corrected chi connectivity index (χ0v) is 11.8. The van der Waals surface area contributed by atoms with Gasteiger partial charge in [0, 0.05) is 0 Å². The minimum absolute atomic E-state index is 0.619. The molecule has 0 aromatic rings. The van der Waals surface area contributed by atoms with Crippen LogP contribution in [0.5, 0.6) is 0 Å². The Labute approximate surface area is 126 Å². The maximum atomic E-state index is 9.93. The molecule has 2 saturated heterocycles. The Kier molecular flexibility index (Phi) is 5.72. The largest absolute Gasteiger partial charge is 0.394 e. The molecule has 130 valence electrons. The summed E-state index contributed by atoms with van der Waals surface area (Å²) in [6.45, 7) is 0.823. The van der Waals surface area contributed by atoms with Gasteiger partial charge in [-0.2, -0.15) is 0 Å². The summed E-state index contributed by atoms with van der Waals surface area (Å²) in [5.41, 5.74) is 0. The molecular weight excluding hydrogens is 304 g/mol. The van der Waals surface area contributed by atoms with Gasteiger partial charge >= 0.3 is 0 Å². The van der Waals surface area contributed by atoms with Crippen LogP contribution >= 0.6 is 0 Å². The van der Waals surface area contributed by atoms with Gasteiger partial charge in [0.1, 0.15) is 42.7 Å². The van der Waals surface area contributed by atoms with Gasteiger partial charge in [0.25, 0.3) is 0 Å². The lowest BCUT2D eigenvalue weighted by molar-refractivity contribution is -0.358. The molecule has 2 rings (SSSR count). The van der Waals surface area contributed by atoms with E-state index in [-0.39, 0.29) is 0 Å². The molecule has 0 spiro atoms. The fourth-order valence-corrected chi connectivity index (χ4v) is 2.50. The van der Waals surface area contributed by atoms with Gasteiger partial charge in [-0.3, -0.25) is 0 Å². The summed E-state index contributed by atoms with van der Waals surface area (Å²) < 4.78 is 15.3. The average Bonchev–Trinajstić information content (AvgIpc) is 2.49. The number of hydrogen-bond acceptors (Lipinski definition) is 10. The van der Waals surface area contributed by atoms with E-state index in [1.165, 1.54) is 6.92 Å². The molecule has 0 aromatic heterocycles. The fraction of sp³-hybridized carbons (Fsp3) is 1.00. The lowest BCUT2D eigenvalue weighted by Crippen LogP contribution is -2.63. The molecule has 0 saturated carbocycles. The Morgan fingerprint density at radius 3 is 2.05 bits per heavy atom. The summed E-state index contributed by atoms with van der Waals surface area (Å²) in [6, 6.07) is 0. The summed E-state index contributed by atoms with van der Waals surface area (Å²) in [5.74, 6) is 0. The zero-order chi connectivity index (χ0) is 16.6. The third-order valence-electron chi connectivity index (χ3n) is 3.94. The highest BCUT2D eigenvalue weighted by Crippen LogP contribution is 2.28. The standard InChI is InChI=1S/C12H22O10/c1-3-5(14)7(16)9(18)12(20-3)22-10-8(17)6(15)4(2-13)21-11(10)19/h3-19H,2H2,1H3/t3-,4+,5-,6?,7+,8-,9+,10?,11+,12-/m0/s1. The fourth-order valence-electron chi connectivity index (χ4n) is 2.50. The van der Waals surface area contributed by atoms with Crippen molar-refractivity contribution in [3.63, 3.8) is 0 Å². The van der Waals surface area contributed by atoms with Crippen molar-refractivity contribution < 1.29 is 50.0 Å². The number of ether oxygens (including phenoxy) is 3. The second-order valence-electron chi connectivity index (χ2n) is 5.51. The molecule has 22 heavy (non-hydrogen) atoms.